The van der Waals surface area contributed by atoms with Gasteiger partial charge in [0.15, 0.2) is 0 Å². The minimum atomic E-state index is -4.21. The van der Waals surface area contributed by atoms with E-state index in [1.54, 1.807) is 0 Å². The highest BCUT2D eigenvalue weighted by atomic mass is 32.2. The van der Waals surface area contributed by atoms with Crippen molar-refractivity contribution in [3.63, 3.8) is 0 Å². The monoisotopic (exact) mass is 485 g/mol. The molecule has 4 aliphatic rings. The zero-order valence-corrected chi connectivity index (χ0v) is 21.2. The van der Waals surface area contributed by atoms with Gasteiger partial charge < -0.3 is 15.5 Å². The molecule has 0 unspecified atom stereocenters. The van der Waals surface area contributed by atoms with Crippen molar-refractivity contribution < 1.29 is 28.0 Å². The summed E-state index contributed by atoms with van der Waals surface area (Å²) < 4.78 is 30.5. The molecule has 0 saturated heterocycles. The molecule has 0 aromatic rings. The van der Waals surface area contributed by atoms with Gasteiger partial charge in [-0.05, 0) is 104 Å². The number of amides is 1. The van der Waals surface area contributed by atoms with E-state index in [1.165, 1.54) is 12.8 Å². The number of fused-ring (bicyclic) bond motifs is 5. The van der Waals surface area contributed by atoms with Gasteiger partial charge in [-0.3, -0.25) is 9.35 Å². The van der Waals surface area contributed by atoms with Crippen molar-refractivity contribution in [2.45, 2.75) is 97.2 Å². The Labute approximate surface area is 198 Å². The Morgan fingerprint density at radius 3 is 2.48 bits per heavy atom. The van der Waals surface area contributed by atoms with Crippen molar-refractivity contribution in [1.82, 2.24) is 5.32 Å². The summed E-state index contributed by atoms with van der Waals surface area (Å²) in [5.74, 6) is 1.69. The summed E-state index contributed by atoms with van der Waals surface area (Å²) in [5, 5.41) is 24.1. The number of hydrogen-bond donors (Lipinski definition) is 4. The molecule has 190 valence electrons. The summed E-state index contributed by atoms with van der Waals surface area (Å²) in [6, 6.07) is 0. The van der Waals surface area contributed by atoms with Crippen molar-refractivity contribution in [3.8, 4) is 0 Å². The van der Waals surface area contributed by atoms with Gasteiger partial charge in [-0.1, -0.05) is 20.8 Å². The first-order valence-corrected chi connectivity index (χ1v) is 14.5. The van der Waals surface area contributed by atoms with E-state index in [-0.39, 0.29) is 41.3 Å². The number of nitrogens with one attached hydrogen (secondary N) is 1. The maximum atomic E-state index is 12.1. The smallest absolute Gasteiger partial charge is 0.283 e. The molecular weight excluding hydrogens is 442 g/mol. The summed E-state index contributed by atoms with van der Waals surface area (Å²) >= 11 is 0. The average Bonchev–Trinajstić information content (AvgIpc) is 3.10. The molecule has 0 aliphatic heterocycles. The molecule has 4 N–H and O–H groups in total. The summed E-state index contributed by atoms with van der Waals surface area (Å²) in [6.45, 7) is 6.87. The fourth-order valence-electron chi connectivity index (χ4n) is 8.98. The second kappa shape index (κ2) is 9.07. The number of hydrogen-bond acceptors (Lipinski definition) is 5. The van der Waals surface area contributed by atoms with Crippen LogP contribution in [0.3, 0.4) is 0 Å². The number of carbonyl (C=O) groups excluding carboxylic acids is 1. The first-order chi connectivity index (χ1) is 15.4. The van der Waals surface area contributed by atoms with Crippen LogP contribution in [0.2, 0.25) is 0 Å². The van der Waals surface area contributed by atoms with Crippen LogP contribution in [0.5, 0.6) is 0 Å². The molecular formula is C25H43NO6S. The van der Waals surface area contributed by atoms with Crippen LogP contribution >= 0.6 is 0 Å². The molecule has 0 aromatic carbocycles. The van der Waals surface area contributed by atoms with Crippen LogP contribution in [0.4, 0.5) is 0 Å². The third-order valence-corrected chi connectivity index (χ3v) is 11.3. The van der Waals surface area contributed by atoms with Crippen molar-refractivity contribution in [3.05, 3.63) is 0 Å². The summed E-state index contributed by atoms with van der Waals surface area (Å²) in [4.78, 5) is 12.1. The molecule has 7 nitrogen and oxygen atoms in total. The lowest BCUT2D eigenvalue weighted by atomic mass is 9.43. The first kappa shape index (κ1) is 25.4. The molecule has 4 aliphatic carbocycles. The zero-order valence-electron chi connectivity index (χ0n) is 20.4. The predicted molar refractivity (Wildman–Crippen MR) is 126 cm³/mol. The highest BCUT2D eigenvalue weighted by Gasteiger charge is 2.63. The van der Waals surface area contributed by atoms with Crippen LogP contribution in [0.25, 0.3) is 0 Å². The number of aliphatic hydroxyl groups is 2. The molecule has 0 spiro atoms. The van der Waals surface area contributed by atoms with E-state index < -0.39 is 16.0 Å². The molecule has 4 fully saturated rings. The SMILES string of the molecule is C[C@H](CCC(=O)NCS(=O)(=O)O)[C@H]1CC[C@H]2[C@@H]3CC[C@@H]4C[C@H](O)CC[C@]4(C)[C@H]3C[C@H](O)[C@]12C. The van der Waals surface area contributed by atoms with Gasteiger partial charge in [0.05, 0.1) is 12.2 Å². The summed E-state index contributed by atoms with van der Waals surface area (Å²) in [7, 11) is -4.21. The topological polar surface area (TPSA) is 124 Å². The Morgan fingerprint density at radius 1 is 1.06 bits per heavy atom. The Morgan fingerprint density at radius 2 is 1.79 bits per heavy atom. The molecule has 0 bridgehead atoms. The average molecular weight is 486 g/mol. The quantitative estimate of drug-likeness (QED) is 0.428. The standard InChI is InChI=1S/C25H43NO6S/c1-15(4-9-23(29)26-14-33(30,31)32)19-7-8-20-18-6-5-16-12-17(27)10-11-24(16,2)21(18)13-22(28)25(19,20)3/h15-22,27-28H,4-14H2,1-3H3,(H,26,29)(H,30,31,32)/t15-,16-,17-,18+,19-,20+,21+,22+,24+,25-/m1/s1. The maximum absolute atomic E-state index is 12.1. The lowest BCUT2D eigenvalue weighted by molar-refractivity contribution is -0.174. The lowest BCUT2D eigenvalue weighted by Gasteiger charge is -2.62. The number of aliphatic hydroxyl groups excluding tert-OH is 2. The number of rotatable bonds is 6. The van der Waals surface area contributed by atoms with E-state index in [9.17, 15) is 23.4 Å². The minimum Gasteiger partial charge on any atom is -0.393 e. The van der Waals surface area contributed by atoms with Crippen molar-refractivity contribution in [2.24, 2.45) is 46.3 Å². The normalized spacial score (nSPS) is 46.1. The van der Waals surface area contributed by atoms with Crippen LogP contribution in [0, 0.1) is 46.3 Å². The molecule has 4 rings (SSSR count). The fourth-order valence-corrected chi connectivity index (χ4v) is 9.32. The van der Waals surface area contributed by atoms with Crippen molar-refractivity contribution in [2.75, 3.05) is 5.88 Å². The van der Waals surface area contributed by atoms with Gasteiger partial charge in [-0.2, -0.15) is 8.42 Å². The van der Waals surface area contributed by atoms with Crippen LogP contribution < -0.4 is 5.32 Å². The van der Waals surface area contributed by atoms with E-state index in [2.05, 4.69) is 26.1 Å². The van der Waals surface area contributed by atoms with Crippen LogP contribution in [-0.2, 0) is 14.9 Å². The second-order valence-corrected chi connectivity index (χ2v) is 13.7. The maximum Gasteiger partial charge on any atom is 0.283 e. The van der Waals surface area contributed by atoms with Crippen LogP contribution in [0.15, 0.2) is 0 Å². The van der Waals surface area contributed by atoms with Gasteiger partial charge in [-0.15, -0.1) is 0 Å². The minimum absolute atomic E-state index is 0.150. The van der Waals surface area contributed by atoms with Gasteiger partial charge in [0.1, 0.15) is 5.88 Å². The lowest BCUT2D eigenvalue weighted by Crippen LogP contribution is -2.58. The van der Waals surface area contributed by atoms with E-state index in [4.69, 9.17) is 4.55 Å². The van der Waals surface area contributed by atoms with E-state index in [0.717, 1.165) is 38.5 Å². The van der Waals surface area contributed by atoms with E-state index in [0.29, 0.717) is 36.0 Å². The molecule has 8 heteroatoms. The molecule has 33 heavy (non-hydrogen) atoms. The largest absolute Gasteiger partial charge is 0.393 e. The Balaban J connectivity index is 1.44. The van der Waals surface area contributed by atoms with Gasteiger partial charge >= 0.3 is 0 Å². The van der Waals surface area contributed by atoms with Gasteiger partial charge in [0, 0.05) is 6.42 Å². The Bertz CT molecular complexity index is 848. The van der Waals surface area contributed by atoms with Gasteiger partial charge in [0.2, 0.25) is 5.91 Å². The first-order valence-electron chi connectivity index (χ1n) is 12.9. The Kier molecular flexibility index (Phi) is 6.98. The molecule has 0 heterocycles. The van der Waals surface area contributed by atoms with E-state index >= 15 is 0 Å². The fraction of sp³-hybridized carbons (Fsp3) is 0.960. The van der Waals surface area contributed by atoms with Crippen LogP contribution in [-0.4, -0.2) is 47.2 Å². The molecule has 0 radical (unpaired) electrons. The van der Waals surface area contributed by atoms with Gasteiger partial charge in [0.25, 0.3) is 10.1 Å². The Hall–Kier alpha value is -0.700. The summed E-state index contributed by atoms with van der Waals surface area (Å²) in [5.41, 5.74) is 0.0716. The molecule has 1 amide bonds. The molecule has 4 saturated carbocycles. The third kappa shape index (κ3) is 4.62. The second-order valence-electron chi connectivity index (χ2n) is 12.2. The predicted octanol–water partition coefficient (Wildman–Crippen LogP) is 3.35. The highest BCUT2D eigenvalue weighted by Crippen LogP contribution is 2.68. The van der Waals surface area contributed by atoms with E-state index in [1.807, 2.05) is 0 Å². The van der Waals surface area contributed by atoms with Crippen molar-refractivity contribution in [1.29, 1.82) is 0 Å². The molecule has 10 atom stereocenters. The number of carbonyl (C=O) groups is 1. The van der Waals surface area contributed by atoms with Crippen molar-refractivity contribution >= 4 is 16.0 Å². The summed E-state index contributed by atoms with van der Waals surface area (Å²) in [6.07, 6.45) is 8.63. The highest BCUT2D eigenvalue weighted by molar-refractivity contribution is 7.85. The van der Waals surface area contributed by atoms with Gasteiger partial charge in [-0.25, -0.2) is 0 Å². The van der Waals surface area contributed by atoms with Crippen LogP contribution in [0.1, 0.15) is 85.0 Å². The molecule has 0 aromatic heterocycles. The zero-order chi connectivity index (χ0) is 24.2. The third-order valence-electron chi connectivity index (χ3n) is 10.8.